The van der Waals surface area contributed by atoms with Gasteiger partial charge >= 0.3 is 0 Å². The molecule has 0 unspecified atom stereocenters. The van der Waals surface area contributed by atoms with E-state index in [9.17, 15) is 18.0 Å². The van der Waals surface area contributed by atoms with Gasteiger partial charge in [-0.1, -0.05) is 51.0 Å². The van der Waals surface area contributed by atoms with Gasteiger partial charge in [0.15, 0.2) is 0 Å². The van der Waals surface area contributed by atoms with Crippen molar-refractivity contribution in [3.8, 4) is 5.75 Å². The topological polar surface area (TPSA) is 96.0 Å². The molecule has 0 aliphatic heterocycles. The Hall–Kier alpha value is -3.07. The van der Waals surface area contributed by atoms with Gasteiger partial charge < -0.3 is 15.0 Å². The summed E-state index contributed by atoms with van der Waals surface area (Å²) >= 11 is 0. The zero-order chi connectivity index (χ0) is 27.0. The highest BCUT2D eigenvalue weighted by atomic mass is 32.2. The summed E-state index contributed by atoms with van der Waals surface area (Å²) in [6.45, 7) is 3.63. The van der Waals surface area contributed by atoms with Crippen LogP contribution in [0.25, 0.3) is 0 Å². The maximum atomic E-state index is 13.8. The van der Waals surface area contributed by atoms with Gasteiger partial charge in [-0.05, 0) is 61.1 Å². The molecule has 1 aliphatic rings. The lowest BCUT2D eigenvalue weighted by molar-refractivity contribution is -0.140. The molecule has 2 amide bonds. The number of aryl methyl sites for hydroxylation is 1. The molecule has 0 saturated heterocycles. The molecule has 3 rings (SSSR count). The summed E-state index contributed by atoms with van der Waals surface area (Å²) in [5.41, 5.74) is 2.27. The summed E-state index contributed by atoms with van der Waals surface area (Å²) in [7, 11) is -2.19. The Kier molecular flexibility index (Phi) is 9.97. The van der Waals surface area contributed by atoms with Crippen molar-refractivity contribution >= 4 is 27.5 Å². The van der Waals surface area contributed by atoms with Crippen molar-refractivity contribution in [1.29, 1.82) is 0 Å². The van der Waals surface area contributed by atoms with Crippen LogP contribution in [-0.4, -0.2) is 57.1 Å². The molecule has 1 atom stereocenters. The van der Waals surface area contributed by atoms with E-state index in [-0.39, 0.29) is 18.5 Å². The van der Waals surface area contributed by atoms with Gasteiger partial charge in [-0.3, -0.25) is 13.9 Å². The van der Waals surface area contributed by atoms with E-state index in [1.165, 1.54) is 4.90 Å². The largest absolute Gasteiger partial charge is 0.497 e. The Morgan fingerprint density at radius 2 is 1.73 bits per heavy atom. The number of methoxy groups -OCH3 is 1. The van der Waals surface area contributed by atoms with Gasteiger partial charge in [0.05, 0.1) is 19.1 Å². The third kappa shape index (κ3) is 7.71. The van der Waals surface area contributed by atoms with Crippen LogP contribution in [0.4, 0.5) is 5.69 Å². The van der Waals surface area contributed by atoms with E-state index in [1.54, 1.807) is 19.2 Å². The van der Waals surface area contributed by atoms with Gasteiger partial charge in [0, 0.05) is 12.6 Å². The van der Waals surface area contributed by atoms with E-state index in [0.29, 0.717) is 17.9 Å². The minimum Gasteiger partial charge on any atom is -0.497 e. The number of ether oxygens (including phenoxy) is 1. The van der Waals surface area contributed by atoms with Crippen molar-refractivity contribution in [2.75, 3.05) is 24.2 Å². The van der Waals surface area contributed by atoms with Gasteiger partial charge in [0.1, 0.15) is 18.3 Å². The van der Waals surface area contributed by atoms with Crippen LogP contribution in [-0.2, 0) is 32.6 Å². The summed E-state index contributed by atoms with van der Waals surface area (Å²) in [6.07, 6.45) is 6.33. The predicted molar refractivity (Wildman–Crippen MR) is 146 cm³/mol. The van der Waals surface area contributed by atoms with Crippen LogP contribution in [0.5, 0.6) is 5.75 Å². The van der Waals surface area contributed by atoms with Crippen molar-refractivity contribution in [1.82, 2.24) is 10.2 Å². The molecule has 0 bridgehead atoms. The van der Waals surface area contributed by atoms with Crippen molar-refractivity contribution in [2.45, 2.75) is 71.0 Å². The molecule has 8 nitrogen and oxygen atoms in total. The summed E-state index contributed by atoms with van der Waals surface area (Å²) in [4.78, 5) is 28.7. The minimum absolute atomic E-state index is 0.111. The third-order valence-corrected chi connectivity index (χ3v) is 8.03. The molecule has 1 N–H and O–H groups in total. The van der Waals surface area contributed by atoms with Crippen molar-refractivity contribution in [2.24, 2.45) is 0 Å². The first-order valence-electron chi connectivity index (χ1n) is 13.0. The highest BCUT2D eigenvalue weighted by Gasteiger charge is 2.33. The molecule has 2 aromatic rings. The Morgan fingerprint density at radius 3 is 2.30 bits per heavy atom. The molecular formula is C28H39N3O5S. The van der Waals surface area contributed by atoms with Gasteiger partial charge in [-0.2, -0.15) is 0 Å². The van der Waals surface area contributed by atoms with Crippen molar-refractivity contribution in [3.63, 3.8) is 0 Å². The van der Waals surface area contributed by atoms with E-state index in [2.05, 4.69) is 5.32 Å². The summed E-state index contributed by atoms with van der Waals surface area (Å²) in [5, 5.41) is 3.11. The van der Waals surface area contributed by atoms with Crippen LogP contribution in [0, 0.1) is 0 Å². The Balaban J connectivity index is 1.92. The van der Waals surface area contributed by atoms with Gasteiger partial charge in [-0.25, -0.2) is 8.42 Å². The quantitative estimate of drug-likeness (QED) is 0.450. The molecule has 0 radical (unpaired) electrons. The molecule has 0 spiro atoms. The fraction of sp³-hybridized carbons (Fsp3) is 0.500. The Bertz CT molecular complexity index is 1160. The molecule has 2 aromatic carbocycles. The van der Waals surface area contributed by atoms with E-state index < -0.39 is 28.5 Å². The summed E-state index contributed by atoms with van der Waals surface area (Å²) in [5.74, 6) is -0.00721. The van der Waals surface area contributed by atoms with Crippen LogP contribution in [0.2, 0.25) is 0 Å². The number of hydrogen-bond donors (Lipinski definition) is 1. The molecule has 1 saturated carbocycles. The molecule has 0 aromatic heterocycles. The van der Waals surface area contributed by atoms with E-state index >= 15 is 0 Å². The first-order valence-corrected chi connectivity index (χ1v) is 14.8. The Labute approximate surface area is 221 Å². The SMILES string of the molecule is CCc1ccc(N(CC(=O)N(Cc2cccc(OC)c2)[C@@H](CC)C(=O)NC2CCCC2)S(C)(=O)=O)cc1. The predicted octanol–water partition coefficient (Wildman–Crippen LogP) is 3.89. The summed E-state index contributed by atoms with van der Waals surface area (Å²) in [6, 6.07) is 13.8. The standard InChI is InChI=1S/C28H39N3O5S/c1-5-21-14-16-24(17-15-21)31(37(4,34)35)20-27(32)30(19-22-10-9-13-25(18-22)36-3)26(6-2)28(33)29-23-11-7-8-12-23/h9-10,13-18,23,26H,5-8,11-12,19-20H2,1-4H3,(H,29,33)/t26-/m0/s1. The number of sulfonamides is 1. The van der Waals surface area contributed by atoms with Gasteiger partial charge in [0.2, 0.25) is 21.8 Å². The smallest absolute Gasteiger partial charge is 0.244 e. The fourth-order valence-electron chi connectivity index (χ4n) is 4.77. The minimum atomic E-state index is -3.76. The lowest BCUT2D eigenvalue weighted by atomic mass is 10.1. The number of nitrogens with one attached hydrogen (secondary N) is 1. The second-order valence-electron chi connectivity index (χ2n) is 9.58. The van der Waals surface area contributed by atoms with E-state index in [0.717, 1.165) is 53.8 Å². The monoisotopic (exact) mass is 529 g/mol. The number of rotatable bonds is 12. The van der Waals surface area contributed by atoms with Crippen LogP contribution in [0.15, 0.2) is 48.5 Å². The molecule has 1 fully saturated rings. The second-order valence-corrected chi connectivity index (χ2v) is 11.5. The second kappa shape index (κ2) is 12.9. The Morgan fingerprint density at radius 1 is 1.05 bits per heavy atom. The van der Waals surface area contributed by atoms with Crippen LogP contribution in [0.1, 0.15) is 57.1 Å². The zero-order valence-electron chi connectivity index (χ0n) is 22.3. The van der Waals surface area contributed by atoms with E-state index in [4.69, 9.17) is 4.74 Å². The third-order valence-electron chi connectivity index (χ3n) is 6.89. The molecule has 202 valence electrons. The number of benzene rings is 2. The number of amides is 2. The van der Waals surface area contributed by atoms with Crippen molar-refractivity contribution < 1.29 is 22.7 Å². The number of hydrogen-bond acceptors (Lipinski definition) is 5. The van der Waals surface area contributed by atoms with Gasteiger partial charge in [0.25, 0.3) is 0 Å². The van der Waals surface area contributed by atoms with Crippen LogP contribution < -0.4 is 14.4 Å². The highest BCUT2D eigenvalue weighted by molar-refractivity contribution is 7.92. The fourth-order valence-corrected chi connectivity index (χ4v) is 5.62. The molecular weight excluding hydrogens is 490 g/mol. The number of carbonyl (C=O) groups is 2. The summed E-state index contributed by atoms with van der Waals surface area (Å²) < 4.78 is 31.9. The highest BCUT2D eigenvalue weighted by Crippen LogP contribution is 2.23. The lowest BCUT2D eigenvalue weighted by Gasteiger charge is -2.33. The van der Waals surface area contributed by atoms with E-state index in [1.807, 2.05) is 50.2 Å². The van der Waals surface area contributed by atoms with Crippen LogP contribution in [0.3, 0.4) is 0 Å². The maximum Gasteiger partial charge on any atom is 0.244 e. The number of anilines is 1. The average molecular weight is 530 g/mol. The van der Waals surface area contributed by atoms with Crippen molar-refractivity contribution in [3.05, 3.63) is 59.7 Å². The molecule has 9 heteroatoms. The number of nitrogens with zero attached hydrogens (tertiary/aromatic N) is 2. The molecule has 0 heterocycles. The van der Waals surface area contributed by atoms with Gasteiger partial charge in [-0.15, -0.1) is 0 Å². The molecule has 1 aliphatic carbocycles. The number of carbonyl (C=O) groups excluding carboxylic acids is 2. The first kappa shape index (κ1) is 28.5. The first-order chi connectivity index (χ1) is 17.7. The zero-order valence-corrected chi connectivity index (χ0v) is 23.1. The van der Waals surface area contributed by atoms with Crippen LogP contribution >= 0.6 is 0 Å². The maximum absolute atomic E-state index is 13.8. The molecule has 37 heavy (non-hydrogen) atoms. The lowest BCUT2D eigenvalue weighted by Crippen LogP contribution is -2.53. The normalized spacial score (nSPS) is 14.7. The average Bonchev–Trinajstić information content (AvgIpc) is 3.39.